The third kappa shape index (κ3) is 3.77. The summed E-state index contributed by atoms with van der Waals surface area (Å²) in [5.74, 6) is 0.606. The van der Waals surface area contributed by atoms with Crippen LogP contribution in [0.4, 0.5) is 0 Å². The standard InChI is InChI=1S/C18H20N2O3S2/c1-3-14(17(22)23-4-2)25-18-19-13-10-11-24-15(13)16(21)20(18)12-8-6-5-7-9-12/h5-9,14H,3-4,10-11H2,1-2H3/t14-/m0/s1. The lowest BCUT2D eigenvalue weighted by molar-refractivity contribution is -0.142. The van der Waals surface area contributed by atoms with E-state index in [4.69, 9.17) is 9.72 Å². The zero-order valence-corrected chi connectivity index (χ0v) is 15.9. The quantitative estimate of drug-likeness (QED) is 0.438. The summed E-state index contributed by atoms with van der Waals surface area (Å²) in [5.41, 5.74) is 1.54. The van der Waals surface area contributed by atoms with Gasteiger partial charge in [-0.1, -0.05) is 36.9 Å². The second-order valence-corrected chi connectivity index (χ2v) is 7.79. The highest BCUT2D eigenvalue weighted by atomic mass is 32.2. The molecule has 0 radical (unpaired) electrons. The fraction of sp³-hybridized carbons (Fsp3) is 0.389. The molecule has 1 aromatic carbocycles. The zero-order valence-electron chi connectivity index (χ0n) is 14.2. The first-order valence-electron chi connectivity index (χ1n) is 8.33. The van der Waals surface area contributed by atoms with E-state index in [2.05, 4.69) is 0 Å². The summed E-state index contributed by atoms with van der Waals surface area (Å²) in [6.45, 7) is 4.07. The molecule has 1 aliphatic heterocycles. The Morgan fingerprint density at radius 3 is 2.80 bits per heavy atom. The van der Waals surface area contributed by atoms with Crippen LogP contribution in [-0.4, -0.2) is 33.1 Å². The van der Waals surface area contributed by atoms with Gasteiger partial charge in [0.25, 0.3) is 5.56 Å². The molecule has 0 aliphatic carbocycles. The molecule has 25 heavy (non-hydrogen) atoms. The molecule has 0 unspecified atom stereocenters. The molecule has 132 valence electrons. The highest BCUT2D eigenvalue weighted by molar-refractivity contribution is 8.00. The molecule has 1 aromatic heterocycles. The lowest BCUT2D eigenvalue weighted by atomic mass is 10.3. The van der Waals surface area contributed by atoms with E-state index in [1.807, 2.05) is 37.3 Å². The van der Waals surface area contributed by atoms with Gasteiger partial charge in [-0.05, 0) is 25.5 Å². The number of fused-ring (bicyclic) bond motifs is 1. The minimum absolute atomic E-state index is 0.0556. The van der Waals surface area contributed by atoms with Crippen molar-refractivity contribution in [1.82, 2.24) is 9.55 Å². The smallest absolute Gasteiger partial charge is 0.319 e. The maximum Gasteiger partial charge on any atom is 0.319 e. The normalized spacial score (nSPS) is 14.2. The number of carbonyl (C=O) groups excluding carboxylic acids is 1. The topological polar surface area (TPSA) is 61.2 Å². The van der Waals surface area contributed by atoms with Crippen molar-refractivity contribution in [3.63, 3.8) is 0 Å². The lowest BCUT2D eigenvalue weighted by Crippen LogP contribution is -2.26. The number of aryl methyl sites for hydroxylation is 1. The van der Waals surface area contributed by atoms with Crippen molar-refractivity contribution in [3.05, 3.63) is 46.4 Å². The average molecular weight is 377 g/mol. The van der Waals surface area contributed by atoms with Crippen molar-refractivity contribution < 1.29 is 9.53 Å². The van der Waals surface area contributed by atoms with E-state index >= 15 is 0 Å². The van der Waals surface area contributed by atoms with Crippen molar-refractivity contribution >= 4 is 29.5 Å². The van der Waals surface area contributed by atoms with Crippen LogP contribution in [0, 0.1) is 0 Å². The summed E-state index contributed by atoms with van der Waals surface area (Å²) >= 11 is 2.86. The van der Waals surface area contributed by atoms with Crippen LogP contribution in [0.25, 0.3) is 5.69 Å². The number of nitrogens with zero attached hydrogens (tertiary/aromatic N) is 2. The highest BCUT2D eigenvalue weighted by Crippen LogP contribution is 2.32. The monoisotopic (exact) mass is 376 g/mol. The third-order valence-corrected chi connectivity index (χ3v) is 6.25. The van der Waals surface area contributed by atoms with Crippen LogP contribution < -0.4 is 5.56 Å². The van der Waals surface area contributed by atoms with Crippen LogP contribution in [0.3, 0.4) is 0 Å². The van der Waals surface area contributed by atoms with Crippen LogP contribution in [0.2, 0.25) is 0 Å². The predicted molar refractivity (Wildman–Crippen MR) is 101 cm³/mol. The molecule has 1 atom stereocenters. The van der Waals surface area contributed by atoms with E-state index in [0.29, 0.717) is 18.2 Å². The fourth-order valence-electron chi connectivity index (χ4n) is 2.64. The van der Waals surface area contributed by atoms with Gasteiger partial charge in [0, 0.05) is 12.2 Å². The maximum atomic E-state index is 13.0. The van der Waals surface area contributed by atoms with Gasteiger partial charge in [-0.15, -0.1) is 11.8 Å². The number of esters is 1. The summed E-state index contributed by atoms with van der Waals surface area (Å²) < 4.78 is 6.77. The molecule has 0 saturated carbocycles. The van der Waals surface area contributed by atoms with E-state index in [-0.39, 0.29) is 16.8 Å². The number of rotatable bonds is 6. The van der Waals surface area contributed by atoms with E-state index in [0.717, 1.165) is 28.5 Å². The number of benzene rings is 1. The van der Waals surface area contributed by atoms with Gasteiger partial charge in [-0.3, -0.25) is 14.2 Å². The summed E-state index contributed by atoms with van der Waals surface area (Å²) in [4.78, 5) is 30.6. The molecular formula is C18H20N2O3S2. The van der Waals surface area contributed by atoms with E-state index in [1.165, 1.54) is 11.8 Å². The molecule has 2 aromatic rings. The van der Waals surface area contributed by atoms with Gasteiger partial charge in [0.2, 0.25) is 0 Å². The van der Waals surface area contributed by atoms with Crippen LogP contribution >= 0.6 is 23.5 Å². The van der Waals surface area contributed by atoms with Crippen LogP contribution in [0.1, 0.15) is 26.0 Å². The molecular weight excluding hydrogens is 356 g/mol. The van der Waals surface area contributed by atoms with Crippen molar-refractivity contribution in [2.75, 3.05) is 12.4 Å². The first-order chi connectivity index (χ1) is 12.2. The SMILES string of the molecule is CCOC(=O)[C@H](CC)Sc1nc2c(c(=O)n1-c1ccccc1)SCC2. The molecule has 0 spiro atoms. The fourth-order valence-corrected chi connectivity index (χ4v) is 4.71. The average Bonchev–Trinajstić information content (AvgIpc) is 3.09. The van der Waals surface area contributed by atoms with E-state index in [9.17, 15) is 9.59 Å². The van der Waals surface area contributed by atoms with Gasteiger partial charge in [-0.25, -0.2) is 4.98 Å². The molecule has 0 N–H and O–H groups in total. The van der Waals surface area contributed by atoms with Gasteiger partial charge in [0.1, 0.15) is 5.25 Å². The van der Waals surface area contributed by atoms with Crippen molar-refractivity contribution in [2.45, 2.75) is 42.0 Å². The Kier molecular flexibility index (Phi) is 5.86. The van der Waals surface area contributed by atoms with Crippen LogP contribution in [0.15, 0.2) is 45.2 Å². The van der Waals surface area contributed by atoms with Gasteiger partial charge in [0.05, 0.1) is 22.9 Å². The summed E-state index contributed by atoms with van der Waals surface area (Å²) in [6, 6.07) is 9.44. The number of aromatic nitrogens is 2. The Morgan fingerprint density at radius 1 is 1.36 bits per heavy atom. The summed E-state index contributed by atoms with van der Waals surface area (Å²) in [7, 11) is 0. The zero-order chi connectivity index (χ0) is 17.8. The Labute approximate surface area is 155 Å². The molecule has 3 rings (SSSR count). The predicted octanol–water partition coefficient (Wildman–Crippen LogP) is 3.31. The molecule has 0 fully saturated rings. The Hall–Kier alpha value is -1.73. The Bertz CT molecular complexity index is 821. The molecule has 0 saturated heterocycles. The van der Waals surface area contributed by atoms with Gasteiger partial charge in [0.15, 0.2) is 5.16 Å². The summed E-state index contributed by atoms with van der Waals surface area (Å²) in [6.07, 6.45) is 1.40. The van der Waals surface area contributed by atoms with E-state index in [1.54, 1.807) is 23.3 Å². The number of thioether (sulfide) groups is 2. The number of para-hydroxylation sites is 1. The highest BCUT2D eigenvalue weighted by Gasteiger charge is 2.26. The van der Waals surface area contributed by atoms with Crippen molar-refractivity contribution in [1.29, 1.82) is 0 Å². The molecule has 1 aliphatic rings. The molecule has 2 heterocycles. The lowest BCUT2D eigenvalue weighted by Gasteiger charge is -2.17. The Balaban J connectivity index is 2.07. The molecule has 0 bridgehead atoms. The first kappa shape index (κ1) is 18.1. The second-order valence-electron chi connectivity index (χ2n) is 5.51. The molecule has 7 heteroatoms. The Morgan fingerprint density at radius 2 is 2.12 bits per heavy atom. The number of hydrogen-bond donors (Lipinski definition) is 0. The second kappa shape index (κ2) is 8.10. The summed E-state index contributed by atoms with van der Waals surface area (Å²) in [5, 5.41) is 0.172. The number of hydrogen-bond acceptors (Lipinski definition) is 6. The minimum Gasteiger partial charge on any atom is -0.465 e. The number of ether oxygens (including phenoxy) is 1. The maximum absolute atomic E-state index is 13.0. The molecule has 5 nitrogen and oxygen atoms in total. The largest absolute Gasteiger partial charge is 0.465 e. The van der Waals surface area contributed by atoms with Gasteiger partial charge < -0.3 is 4.74 Å². The van der Waals surface area contributed by atoms with Gasteiger partial charge in [-0.2, -0.15) is 0 Å². The first-order valence-corrected chi connectivity index (χ1v) is 10.2. The van der Waals surface area contributed by atoms with Crippen LogP contribution in [-0.2, 0) is 16.0 Å². The molecule has 0 amide bonds. The van der Waals surface area contributed by atoms with Crippen LogP contribution in [0.5, 0.6) is 0 Å². The number of carbonyl (C=O) groups is 1. The van der Waals surface area contributed by atoms with Crippen molar-refractivity contribution in [2.24, 2.45) is 0 Å². The minimum atomic E-state index is -0.381. The van der Waals surface area contributed by atoms with Gasteiger partial charge >= 0.3 is 5.97 Å². The van der Waals surface area contributed by atoms with Crippen molar-refractivity contribution in [3.8, 4) is 5.69 Å². The van der Waals surface area contributed by atoms with E-state index < -0.39 is 0 Å². The third-order valence-electron chi connectivity index (χ3n) is 3.85.